The molecule has 1 N–H and O–H groups in total. The molecule has 1 atom stereocenters. The van der Waals surface area contributed by atoms with E-state index in [1.165, 1.54) is 5.56 Å². The van der Waals surface area contributed by atoms with E-state index >= 15 is 0 Å². The van der Waals surface area contributed by atoms with Crippen molar-refractivity contribution < 1.29 is 31.1 Å². The molecule has 0 aliphatic heterocycles. The van der Waals surface area contributed by atoms with Gasteiger partial charge in [0.25, 0.3) is 0 Å². The summed E-state index contributed by atoms with van der Waals surface area (Å²) in [5, 5.41) is 0. The van der Waals surface area contributed by atoms with Gasteiger partial charge >= 0.3 is 8.25 Å². The van der Waals surface area contributed by atoms with Crippen molar-refractivity contribution in [2.45, 2.75) is 13.3 Å². The van der Waals surface area contributed by atoms with Crippen molar-refractivity contribution in [3.8, 4) is 5.75 Å². The smallest absolute Gasteiger partial charge is 0.229 e. The van der Waals surface area contributed by atoms with E-state index in [9.17, 15) is 4.57 Å². The van der Waals surface area contributed by atoms with Crippen LogP contribution in [0.3, 0.4) is 0 Å². The van der Waals surface area contributed by atoms with Gasteiger partial charge in [-0.25, -0.2) is 4.52 Å². The van der Waals surface area contributed by atoms with E-state index < -0.39 is 8.25 Å². The molecule has 75 valence electrons. The molecular weight excluding hydrogens is 239 g/mol. The van der Waals surface area contributed by atoms with Gasteiger partial charge in [-0.05, 0) is 24.1 Å². The molecule has 1 aromatic rings. The van der Waals surface area contributed by atoms with E-state index in [0.717, 1.165) is 6.42 Å². The van der Waals surface area contributed by atoms with Crippen molar-refractivity contribution in [2.24, 2.45) is 0 Å². The average molecular weight is 249 g/mol. The Bertz CT molecular complexity index is 273. The topological polar surface area (TPSA) is 46.5 Å². The first-order valence-corrected chi connectivity index (χ1v) is 4.78. The molecule has 0 heterocycles. The van der Waals surface area contributed by atoms with E-state index in [-0.39, 0.29) is 17.1 Å². The standard InChI is InChI=1S/C8H9O3P.Cu/c1-2-7-3-5-8(6-4-7)11-12(9)10;/h3-6H,2H2,1H3;/p+1. The van der Waals surface area contributed by atoms with Crippen LogP contribution in [0.4, 0.5) is 0 Å². The van der Waals surface area contributed by atoms with Crippen molar-refractivity contribution in [3.63, 3.8) is 0 Å². The molecule has 5 heteroatoms. The van der Waals surface area contributed by atoms with Gasteiger partial charge in [0.15, 0.2) is 5.75 Å². The van der Waals surface area contributed by atoms with Gasteiger partial charge in [0, 0.05) is 21.6 Å². The summed E-state index contributed by atoms with van der Waals surface area (Å²) < 4.78 is 14.8. The molecule has 0 saturated carbocycles. The largest absolute Gasteiger partial charge is 0.747 e. The van der Waals surface area contributed by atoms with E-state index in [2.05, 4.69) is 4.52 Å². The number of hydrogen-bond donors (Lipinski definition) is 1. The third kappa shape index (κ3) is 4.39. The molecule has 0 aliphatic carbocycles. The Morgan fingerprint density at radius 3 is 2.31 bits per heavy atom. The van der Waals surface area contributed by atoms with Crippen molar-refractivity contribution in [1.29, 1.82) is 0 Å². The predicted octanol–water partition coefficient (Wildman–Crippen LogP) is 2.28. The zero-order valence-corrected chi connectivity index (χ0v) is 8.87. The molecule has 0 aromatic heterocycles. The maximum Gasteiger partial charge on any atom is 0.747 e. The Hall–Kier alpha value is -0.401. The average Bonchev–Trinajstić information content (AvgIpc) is 2.05. The van der Waals surface area contributed by atoms with Crippen LogP contribution in [-0.2, 0) is 28.1 Å². The minimum Gasteiger partial charge on any atom is -0.229 e. The molecule has 1 radical (unpaired) electrons. The van der Waals surface area contributed by atoms with Crippen LogP contribution in [0, 0.1) is 0 Å². The number of rotatable bonds is 3. The first-order valence-electron chi connectivity index (χ1n) is 3.65. The van der Waals surface area contributed by atoms with Crippen molar-refractivity contribution in [3.05, 3.63) is 29.8 Å². The molecule has 1 rings (SSSR count). The SMILES string of the molecule is CCc1ccc(O[P+](=O)O)cc1.[Cu]. The van der Waals surface area contributed by atoms with Crippen molar-refractivity contribution in [1.82, 2.24) is 0 Å². The third-order valence-electron chi connectivity index (χ3n) is 1.52. The Kier molecular flexibility index (Phi) is 5.93. The molecule has 13 heavy (non-hydrogen) atoms. The fraction of sp³-hybridized carbons (Fsp3) is 0.250. The number of hydrogen-bond acceptors (Lipinski definition) is 2. The molecule has 3 nitrogen and oxygen atoms in total. The van der Waals surface area contributed by atoms with Crippen LogP contribution in [0.15, 0.2) is 24.3 Å². The summed E-state index contributed by atoms with van der Waals surface area (Å²) >= 11 is 0. The fourth-order valence-corrected chi connectivity index (χ4v) is 1.18. The van der Waals surface area contributed by atoms with Gasteiger partial charge in [0.1, 0.15) is 0 Å². The summed E-state index contributed by atoms with van der Waals surface area (Å²) in [6.45, 7) is 2.04. The van der Waals surface area contributed by atoms with Crippen LogP contribution in [0.2, 0.25) is 0 Å². The second-order valence-corrected chi connectivity index (χ2v) is 2.98. The Morgan fingerprint density at radius 2 is 1.92 bits per heavy atom. The second-order valence-electron chi connectivity index (χ2n) is 2.33. The molecule has 0 bridgehead atoms. The molecule has 1 unspecified atom stereocenters. The predicted molar refractivity (Wildman–Crippen MR) is 46.3 cm³/mol. The summed E-state index contributed by atoms with van der Waals surface area (Å²) in [5.74, 6) is 0.427. The Morgan fingerprint density at radius 1 is 1.38 bits per heavy atom. The van der Waals surface area contributed by atoms with Crippen LogP contribution in [0.1, 0.15) is 12.5 Å². The normalized spacial score (nSPS) is 10.2. The van der Waals surface area contributed by atoms with Gasteiger partial charge in [-0.15, -0.1) is 4.89 Å². The molecule has 0 amide bonds. The monoisotopic (exact) mass is 248 g/mol. The van der Waals surface area contributed by atoms with Gasteiger partial charge in [-0.2, -0.15) is 0 Å². The van der Waals surface area contributed by atoms with E-state index in [4.69, 9.17) is 4.89 Å². The number of aryl methyl sites for hydroxylation is 1. The van der Waals surface area contributed by atoms with Gasteiger partial charge < -0.3 is 0 Å². The van der Waals surface area contributed by atoms with Crippen LogP contribution in [0.25, 0.3) is 0 Å². The van der Waals surface area contributed by atoms with Gasteiger partial charge in [-0.1, -0.05) is 19.1 Å². The molecular formula is C8H10CuO3P+. The summed E-state index contributed by atoms with van der Waals surface area (Å²) in [4.78, 5) is 8.42. The molecule has 0 aliphatic rings. The first-order chi connectivity index (χ1) is 5.72. The van der Waals surface area contributed by atoms with E-state index in [0.29, 0.717) is 5.75 Å². The van der Waals surface area contributed by atoms with E-state index in [1.54, 1.807) is 12.1 Å². The molecule has 0 spiro atoms. The van der Waals surface area contributed by atoms with E-state index in [1.807, 2.05) is 19.1 Å². The fourth-order valence-electron chi connectivity index (χ4n) is 0.876. The summed E-state index contributed by atoms with van der Waals surface area (Å²) in [5.41, 5.74) is 1.18. The van der Waals surface area contributed by atoms with Gasteiger partial charge in [0.2, 0.25) is 0 Å². The second kappa shape index (κ2) is 6.11. The maximum atomic E-state index is 10.2. The minimum atomic E-state index is -2.54. The first kappa shape index (κ1) is 12.6. The van der Waals surface area contributed by atoms with Crippen LogP contribution < -0.4 is 4.52 Å². The van der Waals surface area contributed by atoms with Gasteiger partial charge in [0.05, 0.1) is 0 Å². The zero-order valence-electron chi connectivity index (χ0n) is 7.03. The summed E-state index contributed by atoms with van der Waals surface area (Å²) in [6, 6.07) is 7.10. The molecule has 0 fully saturated rings. The van der Waals surface area contributed by atoms with Crippen molar-refractivity contribution >= 4 is 8.25 Å². The number of benzene rings is 1. The Balaban J connectivity index is 0.00000144. The summed E-state index contributed by atoms with van der Waals surface area (Å²) in [7, 11) is -2.54. The molecule has 0 saturated heterocycles. The summed E-state index contributed by atoms with van der Waals surface area (Å²) in [6.07, 6.45) is 0.950. The zero-order chi connectivity index (χ0) is 8.97. The Labute approximate surface area is 88.5 Å². The minimum absolute atomic E-state index is 0. The quantitative estimate of drug-likeness (QED) is 0.659. The van der Waals surface area contributed by atoms with Crippen molar-refractivity contribution in [2.75, 3.05) is 0 Å². The van der Waals surface area contributed by atoms with Gasteiger partial charge in [-0.3, -0.25) is 0 Å². The third-order valence-corrected chi connectivity index (χ3v) is 1.88. The van der Waals surface area contributed by atoms with Crippen LogP contribution in [-0.4, -0.2) is 4.89 Å². The van der Waals surface area contributed by atoms with Crippen LogP contribution >= 0.6 is 8.25 Å². The van der Waals surface area contributed by atoms with Crippen LogP contribution in [0.5, 0.6) is 5.75 Å². The maximum absolute atomic E-state index is 10.2. The molecule has 1 aromatic carbocycles.